The van der Waals surface area contributed by atoms with Crippen LogP contribution in [0, 0.1) is 24.7 Å². The molecule has 98 valence electrons. The molecule has 20 heavy (non-hydrogen) atoms. The monoisotopic (exact) mass is 258 g/mol. The smallest absolute Gasteiger partial charge is 0.0191 e. The van der Waals surface area contributed by atoms with Crippen LogP contribution in [-0.4, -0.2) is 0 Å². The Kier molecular flexibility index (Phi) is 10.6. The summed E-state index contributed by atoms with van der Waals surface area (Å²) < 4.78 is 0. The van der Waals surface area contributed by atoms with Crippen LogP contribution in [0.2, 0.25) is 0 Å². The van der Waals surface area contributed by atoms with Crippen LogP contribution in [0.3, 0.4) is 0 Å². The summed E-state index contributed by atoms with van der Waals surface area (Å²) in [6, 6.07) is 20.1. The van der Waals surface area contributed by atoms with Crippen molar-refractivity contribution in [1.29, 1.82) is 0 Å². The number of rotatable bonds is 2. The van der Waals surface area contributed by atoms with Crippen LogP contribution >= 0.6 is 0 Å². The van der Waals surface area contributed by atoms with Gasteiger partial charge in [-0.25, -0.2) is 0 Å². The lowest BCUT2D eigenvalue weighted by Crippen LogP contribution is -1.63. The van der Waals surface area contributed by atoms with Crippen molar-refractivity contribution < 1.29 is 0 Å². The average Bonchev–Trinajstić information content (AvgIpc) is 2.57. The average molecular weight is 258 g/mol. The third-order valence-corrected chi connectivity index (χ3v) is 2.15. The molecule has 0 fully saturated rings. The lowest BCUT2D eigenvalue weighted by Gasteiger charge is -1.85. The highest BCUT2D eigenvalue weighted by molar-refractivity contribution is 5.46. The van der Waals surface area contributed by atoms with Crippen LogP contribution < -0.4 is 0 Å². The molecule has 0 nitrogen and oxygen atoms in total. The van der Waals surface area contributed by atoms with Crippen molar-refractivity contribution in [3.63, 3.8) is 0 Å². The Hall–Kier alpha value is -2.96. The molecule has 2 aromatic carbocycles. The van der Waals surface area contributed by atoms with E-state index in [1.54, 1.807) is 0 Å². The van der Waals surface area contributed by atoms with Crippen LogP contribution in [0.1, 0.15) is 11.1 Å². The molecule has 0 saturated heterocycles. The van der Waals surface area contributed by atoms with E-state index < -0.39 is 0 Å². The molecule has 0 aliphatic carbocycles. The van der Waals surface area contributed by atoms with E-state index in [-0.39, 0.29) is 0 Å². The van der Waals surface area contributed by atoms with Crippen molar-refractivity contribution in [2.45, 2.75) is 0 Å². The summed E-state index contributed by atoms with van der Waals surface area (Å²) in [4.78, 5) is 0. The Morgan fingerprint density at radius 2 is 0.950 bits per heavy atom. The lowest BCUT2D eigenvalue weighted by molar-refractivity contribution is 1.67. The van der Waals surface area contributed by atoms with E-state index in [4.69, 9.17) is 0 Å². The van der Waals surface area contributed by atoms with Gasteiger partial charge in [0.25, 0.3) is 0 Å². The minimum absolute atomic E-state index is 1.17. The van der Waals surface area contributed by atoms with Crippen molar-refractivity contribution in [3.05, 3.63) is 84.9 Å². The van der Waals surface area contributed by atoms with E-state index >= 15 is 0 Å². The van der Waals surface area contributed by atoms with Gasteiger partial charge in [-0.05, 0) is 23.0 Å². The summed E-state index contributed by atoms with van der Waals surface area (Å²) in [5.41, 5.74) is 2.35. The number of terminal acetylenes is 2. The Morgan fingerprint density at radius 1 is 0.650 bits per heavy atom. The van der Waals surface area contributed by atoms with Gasteiger partial charge in [0.2, 0.25) is 0 Å². The van der Waals surface area contributed by atoms with Gasteiger partial charge in [-0.2, -0.15) is 0 Å². The second kappa shape index (κ2) is 12.5. The van der Waals surface area contributed by atoms with Crippen molar-refractivity contribution in [2.24, 2.45) is 0 Å². The first-order valence-electron chi connectivity index (χ1n) is 6.04. The minimum Gasteiger partial charge on any atom is -0.106 e. The quantitative estimate of drug-likeness (QED) is 0.671. The first kappa shape index (κ1) is 17.0. The topological polar surface area (TPSA) is 0 Å². The molecule has 0 unspecified atom stereocenters. The van der Waals surface area contributed by atoms with Gasteiger partial charge in [-0.1, -0.05) is 86.0 Å². The predicted molar refractivity (Wildman–Crippen MR) is 90.7 cm³/mol. The molecule has 0 heteroatoms. The first-order valence-corrected chi connectivity index (χ1v) is 6.04. The largest absolute Gasteiger partial charge is 0.106 e. The van der Waals surface area contributed by atoms with Gasteiger partial charge < -0.3 is 0 Å². The minimum atomic E-state index is 1.17. The van der Waals surface area contributed by atoms with E-state index in [9.17, 15) is 0 Å². The third kappa shape index (κ3) is 9.11. The fourth-order valence-corrected chi connectivity index (χ4v) is 1.18. The molecular weight excluding hydrogens is 240 g/mol. The van der Waals surface area contributed by atoms with Gasteiger partial charge in [0, 0.05) is 0 Å². The van der Waals surface area contributed by atoms with Crippen LogP contribution in [-0.2, 0) is 0 Å². The molecule has 0 N–H and O–H groups in total. The zero-order valence-electron chi connectivity index (χ0n) is 11.5. The van der Waals surface area contributed by atoms with Crippen LogP contribution in [0.5, 0.6) is 0 Å². The van der Waals surface area contributed by atoms with Crippen molar-refractivity contribution in [3.8, 4) is 24.7 Å². The molecule has 2 rings (SSSR count). The van der Waals surface area contributed by atoms with Gasteiger partial charge in [-0.15, -0.1) is 12.8 Å². The Morgan fingerprint density at radius 3 is 1.10 bits per heavy atom. The number of benzene rings is 2. The lowest BCUT2D eigenvalue weighted by atomic mass is 10.2. The van der Waals surface area contributed by atoms with Crippen molar-refractivity contribution >= 4 is 12.2 Å². The summed E-state index contributed by atoms with van der Waals surface area (Å²) >= 11 is 0. The standard InChI is InChI=1S/2C8H8.C4H2/c2*1-2-8-6-4-3-5-7-8;1-3-4-2/h2*2-7H,1H2;1-2H. The van der Waals surface area contributed by atoms with Crippen molar-refractivity contribution in [1.82, 2.24) is 0 Å². The fraction of sp³-hybridized carbons (Fsp3) is 0. The zero-order chi connectivity index (χ0) is 15.1. The molecule has 0 aromatic heterocycles. The van der Waals surface area contributed by atoms with Gasteiger partial charge >= 0.3 is 0 Å². The molecule has 0 saturated carbocycles. The second-order valence-corrected chi connectivity index (χ2v) is 3.52. The molecule has 0 aliphatic heterocycles. The predicted octanol–water partition coefficient (Wildman–Crippen LogP) is 4.91. The summed E-state index contributed by atoms with van der Waals surface area (Å²) in [5, 5.41) is 0. The SMILES string of the molecule is C#CC#C.C=Cc1ccccc1.C=Cc1ccccc1. The third-order valence-electron chi connectivity index (χ3n) is 2.15. The van der Waals surface area contributed by atoms with E-state index in [2.05, 4.69) is 26.0 Å². The molecule has 2 aromatic rings. The molecule has 0 bridgehead atoms. The van der Waals surface area contributed by atoms with Crippen LogP contribution in [0.4, 0.5) is 0 Å². The summed E-state index contributed by atoms with van der Waals surface area (Å²) in [6.07, 6.45) is 12.8. The van der Waals surface area contributed by atoms with Crippen LogP contribution in [0.15, 0.2) is 73.8 Å². The molecule has 0 spiro atoms. The number of hydrogen-bond acceptors (Lipinski definition) is 0. The fourth-order valence-electron chi connectivity index (χ4n) is 1.18. The number of hydrogen-bond donors (Lipinski definition) is 0. The van der Waals surface area contributed by atoms with E-state index in [0.29, 0.717) is 0 Å². The first-order chi connectivity index (χ1) is 9.78. The maximum atomic E-state index is 4.54. The zero-order valence-corrected chi connectivity index (χ0v) is 11.5. The highest BCUT2D eigenvalue weighted by Gasteiger charge is 1.76. The van der Waals surface area contributed by atoms with Crippen LogP contribution in [0.25, 0.3) is 12.2 Å². The summed E-state index contributed by atoms with van der Waals surface area (Å²) in [7, 11) is 0. The van der Waals surface area contributed by atoms with Gasteiger partial charge in [0.05, 0.1) is 0 Å². The van der Waals surface area contributed by atoms with Gasteiger partial charge in [0.15, 0.2) is 0 Å². The van der Waals surface area contributed by atoms with E-state index in [0.717, 1.165) is 0 Å². The van der Waals surface area contributed by atoms with Crippen molar-refractivity contribution in [2.75, 3.05) is 0 Å². The van der Waals surface area contributed by atoms with Gasteiger partial charge in [0.1, 0.15) is 0 Å². The normalized spacial score (nSPS) is 7.30. The molecule has 0 radical (unpaired) electrons. The highest BCUT2D eigenvalue weighted by atomic mass is 13.8. The molecule has 0 amide bonds. The molecular formula is C20H18. The molecule has 0 heterocycles. The summed E-state index contributed by atoms with van der Waals surface area (Å²) in [5.74, 6) is 3.92. The highest BCUT2D eigenvalue weighted by Crippen LogP contribution is 1.98. The van der Waals surface area contributed by atoms with Gasteiger partial charge in [-0.3, -0.25) is 0 Å². The van der Waals surface area contributed by atoms with E-state index in [1.807, 2.05) is 84.7 Å². The van der Waals surface area contributed by atoms with E-state index in [1.165, 1.54) is 11.1 Å². The maximum Gasteiger partial charge on any atom is -0.0191 e. The Labute approximate surface area is 122 Å². The molecule has 0 aliphatic rings. The Balaban J connectivity index is 0.000000289. The molecule has 0 atom stereocenters. The second-order valence-electron chi connectivity index (χ2n) is 3.52. The Bertz CT molecular complexity index is 507. The summed E-state index contributed by atoms with van der Waals surface area (Å²) in [6.45, 7) is 7.26. The maximum absolute atomic E-state index is 4.54.